The van der Waals surface area contributed by atoms with Crippen LogP contribution in [0.5, 0.6) is 0 Å². The monoisotopic (exact) mass is 306 g/mol. The van der Waals surface area contributed by atoms with E-state index in [0.717, 1.165) is 44.3 Å². The van der Waals surface area contributed by atoms with Gasteiger partial charge in [-0.1, -0.05) is 17.2 Å². The first-order chi connectivity index (χ1) is 9.13. The largest absolute Gasteiger partial charge is 0.436 e. The van der Waals surface area contributed by atoms with Gasteiger partial charge in [0.1, 0.15) is 0 Å². The van der Waals surface area contributed by atoms with Gasteiger partial charge in [-0.3, -0.25) is 4.79 Å². The smallest absolute Gasteiger partial charge is 0.308 e. The Morgan fingerprint density at radius 3 is 2.79 bits per heavy atom. The van der Waals surface area contributed by atoms with Crippen molar-refractivity contribution in [1.82, 2.24) is 0 Å². The molecule has 110 valence electrons. The first-order valence-electron chi connectivity index (χ1n) is 7.04. The summed E-state index contributed by atoms with van der Waals surface area (Å²) in [5.74, 6) is 0.656. The Morgan fingerprint density at radius 1 is 1.37 bits per heavy atom. The van der Waals surface area contributed by atoms with Crippen molar-refractivity contribution in [3.05, 3.63) is 0 Å². The first-order valence-corrected chi connectivity index (χ1v) is 9.75. The van der Waals surface area contributed by atoms with Gasteiger partial charge in [-0.2, -0.15) is 0 Å². The summed E-state index contributed by atoms with van der Waals surface area (Å²) in [4.78, 5) is 11.5. The second-order valence-electron chi connectivity index (χ2n) is 5.15. The Hall–Kier alpha value is -0.0700. The van der Waals surface area contributed by atoms with Crippen LogP contribution in [0.15, 0.2) is 0 Å². The molecule has 1 saturated heterocycles. The van der Waals surface area contributed by atoms with Gasteiger partial charge in [-0.15, -0.1) is 0 Å². The van der Waals surface area contributed by atoms with E-state index in [4.69, 9.17) is 9.47 Å². The third-order valence-electron chi connectivity index (χ3n) is 3.21. The van der Waals surface area contributed by atoms with Crippen LogP contribution < -0.4 is 0 Å². The van der Waals surface area contributed by atoms with E-state index in [0.29, 0.717) is 17.8 Å². The van der Waals surface area contributed by atoms with E-state index in [9.17, 15) is 9.00 Å². The predicted molar refractivity (Wildman–Crippen MR) is 77.1 cm³/mol. The highest BCUT2D eigenvalue weighted by Crippen LogP contribution is 2.31. The molecule has 4 nitrogen and oxygen atoms in total. The van der Waals surface area contributed by atoms with E-state index in [1.165, 1.54) is 0 Å². The number of carbonyl (C=O) groups excluding carboxylic acids is 1. The fourth-order valence-corrected chi connectivity index (χ4v) is 5.62. The summed E-state index contributed by atoms with van der Waals surface area (Å²) in [5, 5.41) is 0.522. The highest BCUT2D eigenvalue weighted by atomic mass is 33.1. The minimum atomic E-state index is -0.666. The third-order valence-corrected chi connectivity index (χ3v) is 6.70. The SMILES string of the molecule is CC(OC(=O)CCCCC1CCS(=O)S1)OC1CC1. The van der Waals surface area contributed by atoms with Crippen molar-refractivity contribution in [3.63, 3.8) is 0 Å². The fraction of sp³-hybridized carbons (Fsp3) is 0.923. The summed E-state index contributed by atoms with van der Waals surface area (Å²) < 4.78 is 21.8. The number of ether oxygens (including phenoxy) is 2. The molecular weight excluding hydrogens is 284 g/mol. The predicted octanol–water partition coefficient (Wildman–Crippen LogP) is 2.78. The van der Waals surface area contributed by atoms with Crippen molar-refractivity contribution < 1.29 is 18.5 Å². The van der Waals surface area contributed by atoms with E-state index in [1.807, 2.05) is 0 Å². The molecule has 0 aromatic rings. The Morgan fingerprint density at radius 2 is 2.16 bits per heavy atom. The molecule has 1 aliphatic heterocycles. The van der Waals surface area contributed by atoms with Crippen LogP contribution in [0.4, 0.5) is 0 Å². The average Bonchev–Trinajstić information content (AvgIpc) is 3.05. The molecule has 2 aliphatic rings. The lowest BCUT2D eigenvalue weighted by atomic mass is 10.1. The van der Waals surface area contributed by atoms with Crippen LogP contribution >= 0.6 is 10.8 Å². The lowest BCUT2D eigenvalue weighted by Crippen LogP contribution is -2.18. The lowest BCUT2D eigenvalue weighted by molar-refractivity contribution is -0.177. The summed E-state index contributed by atoms with van der Waals surface area (Å²) >= 11 is 0. The maximum absolute atomic E-state index is 11.5. The molecule has 1 saturated carbocycles. The molecule has 0 spiro atoms. The average molecular weight is 306 g/mol. The van der Waals surface area contributed by atoms with Crippen LogP contribution in [0.1, 0.15) is 51.9 Å². The quantitative estimate of drug-likeness (QED) is 0.299. The summed E-state index contributed by atoms with van der Waals surface area (Å²) in [7, 11) is 0.918. The zero-order chi connectivity index (χ0) is 13.7. The molecule has 6 heteroatoms. The van der Waals surface area contributed by atoms with E-state index in [-0.39, 0.29) is 5.97 Å². The van der Waals surface area contributed by atoms with Crippen molar-refractivity contribution in [2.45, 2.75) is 69.5 Å². The number of esters is 1. The second-order valence-corrected chi connectivity index (χ2v) is 8.72. The molecule has 1 aliphatic carbocycles. The summed E-state index contributed by atoms with van der Waals surface area (Å²) in [5.41, 5.74) is 0. The third kappa shape index (κ3) is 6.27. The van der Waals surface area contributed by atoms with Crippen molar-refractivity contribution in [3.8, 4) is 0 Å². The van der Waals surface area contributed by atoms with Crippen LogP contribution in [0.25, 0.3) is 0 Å². The molecule has 0 bridgehead atoms. The van der Waals surface area contributed by atoms with Gasteiger partial charge in [0.05, 0.1) is 15.9 Å². The normalized spacial score (nSPS) is 28.3. The van der Waals surface area contributed by atoms with E-state index >= 15 is 0 Å². The molecule has 1 heterocycles. The Balaban J connectivity index is 1.47. The second kappa shape index (κ2) is 7.64. The number of carbonyl (C=O) groups is 1. The van der Waals surface area contributed by atoms with Gasteiger partial charge >= 0.3 is 5.97 Å². The summed E-state index contributed by atoms with van der Waals surface area (Å²) in [6, 6.07) is 0. The topological polar surface area (TPSA) is 52.6 Å². The Labute approximate surface area is 120 Å². The van der Waals surface area contributed by atoms with Gasteiger partial charge in [0.25, 0.3) is 0 Å². The Kier molecular flexibility index (Phi) is 6.16. The molecule has 0 radical (unpaired) electrons. The van der Waals surface area contributed by atoms with Gasteiger partial charge < -0.3 is 9.47 Å². The standard InChI is InChI=1S/C13H22O4S2/c1-10(16-11-6-7-11)17-13(14)5-3-2-4-12-8-9-19(15)18-12/h10-12H,2-9H2,1H3. The lowest BCUT2D eigenvalue weighted by Gasteiger charge is -2.13. The van der Waals surface area contributed by atoms with Gasteiger partial charge in [0.2, 0.25) is 0 Å². The summed E-state index contributed by atoms with van der Waals surface area (Å²) in [6.45, 7) is 1.78. The fourth-order valence-electron chi connectivity index (χ4n) is 2.06. The highest BCUT2D eigenvalue weighted by molar-refractivity contribution is 8.69. The van der Waals surface area contributed by atoms with E-state index in [2.05, 4.69) is 0 Å². The van der Waals surface area contributed by atoms with Crippen molar-refractivity contribution in [2.24, 2.45) is 0 Å². The minimum absolute atomic E-state index is 0.171. The summed E-state index contributed by atoms with van der Waals surface area (Å²) in [6.07, 6.45) is 6.48. The minimum Gasteiger partial charge on any atom is -0.436 e. The van der Waals surface area contributed by atoms with E-state index < -0.39 is 16.1 Å². The number of hydrogen-bond donors (Lipinski definition) is 0. The first kappa shape index (κ1) is 15.3. The van der Waals surface area contributed by atoms with Crippen molar-refractivity contribution in [2.75, 3.05) is 5.75 Å². The molecule has 3 unspecified atom stereocenters. The van der Waals surface area contributed by atoms with Crippen LogP contribution in [0, 0.1) is 0 Å². The molecule has 19 heavy (non-hydrogen) atoms. The van der Waals surface area contributed by atoms with Crippen LogP contribution in [0.3, 0.4) is 0 Å². The van der Waals surface area contributed by atoms with Crippen LogP contribution in [-0.2, 0) is 24.1 Å². The molecule has 0 amide bonds. The van der Waals surface area contributed by atoms with Crippen LogP contribution in [0.2, 0.25) is 0 Å². The number of hydrogen-bond acceptors (Lipinski definition) is 5. The van der Waals surface area contributed by atoms with Crippen LogP contribution in [-0.4, -0.2) is 33.6 Å². The molecule has 0 aromatic carbocycles. The van der Waals surface area contributed by atoms with Crippen molar-refractivity contribution >= 4 is 26.6 Å². The molecule has 0 aromatic heterocycles. The zero-order valence-electron chi connectivity index (χ0n) is 11.3. The molecule has 3 atom stereocenters. The maximum atomic E-state index is 11.5. The molecular formula is C13H22O4S2. The Bertz CT molecular complexity index is 331. The molecule has 0 N–H and O–H groups in total. The number of rotatable bonds is 8. The maximum Gasteiger partial charge on any atom is 0.308 e. The van der Waals surface area contributed by atoms with Crippen molar-refractivity contribution in [1.29, 1.82) is 0 Å². The van der Waals surface area contributed by atoms with Gasteiger partial charge in [0, 0.05) is 17.4 Å². The van der Waals surface area contributed by atoms with Gasteiger partial charge in [0.15, 0.2) is 6.29 Å². The van der Waals surface area contributed by atoms with E-state index in [1.54, 1.807) is 17.7 Å². The zero-order valence-corrected chi connectivity index (χ0v) is 13.0. The highest BCUT2D eigenvalue weighted by Gasteiger charge is 2.26. The van der Waals surface area contributed by atoms with Gasteiger partial charge in [-0.25, -0.2) is 4.21 Å². The molecule has 2 rings (SSSR count). The van der Waals surface area contributed by atoms with Gasteiger partial charge in [-0.05, 0) is 39.0 Å². The number of unbranched alkanes of at least 4 members (excludes halogenated alkanes) is 1. The molecule has 2 fully saturated rings.